The van der Waals surface area contributed by atoms with E-state index in [1.54, 1.807) is 4.90 Å². The van der Waals surface area contributed by atoms with Crippen molar-refractivity contribution in [3.63, 3.8) is 0 Å². The lowest BCUT2D eigenvalue weighted by atomic mass is 10.1. The first-order chi connectivity index (χ1) is 13.6. The van der Waals surface area contributed by atoms with Gasteiger partial charge in [0.1, 0.15) is 5.75 Å². The molecule has 0 saturated heterocycles. The van der Waals surface area contributed by atoms with Crippen LogP contribution in [0.5, 0.6) is 5.75 Å². The Morgan fingerprint density at radius 3 is 2.57 bits per heavy atom. The molecule has 0 aliphatic carbocycles. The second kappa shape index (κ2) is 7.34. The van der Waals surface area contributed by atoms with E-state index in [0.29, 0.717) is 24.0 Å². The first-order valence-electron chi connectivity index (χ1n) is 9.26. The number of fused-ring (bicyclic) bond motifs is 1. The van der Waals surface area contributed by atoms with Crippen LogP contribution in [-0.4, -0.2) is 43.3 Å². The fourth-order valence-corrected chi connectivity index (χ4v) is 3.17. The van der Waals surface area contributed by atoms with Crippen molar-refractivity contribution in [3.05, 3.63) is 42.5 Å². The monoisotopic (exact) mass is 378 g/mol. The van der Waals surface area contributed by atoms with Crippen molar-refractivity contribution in [1.29, 1.82) is 0 Å². The molecule has 0 atom stereocenters. The first kappa shape index (κ1) is 18.0. The summed E-state index contributed by atoms with van der Waals surface area (Å²) in [4.78, 5) is 20.5. The van der Waals surface area contributed by atoms with Crippen molar-refractivity contribution in [2.45, 2.75) is 13.3 Å². The Bertz CT molecular complexity index is 995. The highest BCUT2D eigenvalue weighted by Crippen LogP contribution is 2.36. The maximum absolute atomic E-state index is 12.2. The van der Waals surface area contributed by atoms with E-state index in [0.717, 1.165) is 28.9 Å². The standard InChI is InChI=1S/C21H22N4O3/c1-4-11-25-17-12-15(7-10-18(17)27-13-19(25)26)20-22-21(28-23-20)14-5-8-16(9-6-14)24(2)3/h5-10,12H,4,11,13H2,1-3H3. The predicted octanol–water partition coefficient (Wildman–Crippen LogP) is 3.61. The van der Waals surface area contributed by atoms with Gasteiger partial charge in [-0.2, -0.15) is 4.98 Å². The minimum atomic E-state index is -0.0405. The maximum atomic E-state index is 12.2. The highest BCUT2D eigenvalue weighted by molar-refractivity contribution is 5.98. The summed E-state index contributed by atoms with van der Waals surface area (Å²) in [6.45, 7) is 2.76. The number of benzene rings is 2. The molecule has 4 rings (SSSR count). The van der Waals surface area contributed by atoms with E-state index in [4.69, 9.17) is 9.26 Å². The molecule has 2 heterocycles. The van der Waals surface area contributed by atoms with E-state index in [-0.39, 0.29) is 12.5 Å². The molecule has 0 fully saturated rings. The molecule has 1 aliphatic rings. The van der Waals surface area contributed by atoms with Gasteiger partial charge in [0, 0.05) is 37.5 Å². The van der Waals surface area contributed by atoms with Crippen molar-refractivity contribution in [2.75, 3.05) is 37.0 Å². The highest BCUT2D eigenvalue weighted by atomic mass is 16.5. The summed E-state index contributed by atoms with van der Waals surface area (Å²) in [6, 6.07) is 13.5. The number of ether oxygens (including phenoxy) is 1. The van der Waals surface area contributed by atoms with Crippen molar-refractivity contribution in [2.24, 2.45) is 0 Å². The van der Waals surface area contributed by atoms with E-state index in [1.807, 2.05) is 68.4 Å². The Hall–Kier alpha value is -3.35. The van der Waals surface area contributed by atoms with Crippen molar-refractivity contribution >= 4 is 17.3 Å². The second-order valence-corrected chi connectivity index (χ2v) is 6.88. The third kappa shape index (κ3) is 3.31. The lowest BCUT2D eigenvalue weighted by Crippen LogP contribution is -2.39. The lowest BCUT2D eigenvalue weighted by Gasteiger charge is -2.29. The van der Waals surface area contributed by atoms with Crippen molar-refractivity contribution in [1.82, 2.24) is 10.1 Å². The van der Waals surface area contributed by atoms with Crippen LogP contribution in [0.15, 0.2) is 47.0 Å². The molecule has 0 N–H and O–H groups in total. The molecule has 0 unspecified atom stereocenters. The van der Waals surface area contributed by atoms with Gasteiger partial charge in [0.15, 0.2) is 6.61 Å². The van der Waals surface area contributed by atoms with Gasteiger partial charge < -0.3 is 19.1 Å². The van der Waals surface area contributed by atoms with Gasteiger partial charge in [0.05, 0.1) is 5.69 Å². The average molecular weight is 378 g/mol. The third-order valence-electron chi connectivity index (χ3n) is 4.66. The Kier molecular flexibility index (Phi) is 4.73. The first-order valence-corrected chi connectivity index (χ1v) is 9.26. The molecule has 3 aromatic rings. The number of hydrogen-bond acceptors (Lipinski definition) is 6. The van der Waals surface area contributed by atoms with Crippen LogP contribution in [0.2, 0.25) is 0 Å². The van der Waals surface area contributed by atoms with Crippen molar-refractivity contribution in [3.8, 4) is 28.6 Å². The summed E-state index contributed by atoms with van der Waals surface area (Å²) in [5.74, 6) is 1.58. The molecule has 28 heavy (non-hydrogen) atoms. The fourth-order valence-electron chi connectivity index (χ4n) is 3.17. The van der Waals surface area contributed by atoms with Crippen molar-refractivity contribution < 1.29 is 14.1 Å². The predicted molar refractivity (Wildman–Crippen MR) is 108 cm³/mol. The Balaban J connectivity index is 1.65. The molecule has 0 bridgehead atoms. The zero-order valence-electron chi connectivity index (χ0n) is 16.2. The van der Waals surface area contributed by atoms with Gasteiger partial charge in [-0.3, -0.25) is 4.79 Å². The molecule has 1 amide bonds. The summed E-state index contributed by atoms with van der Waals surface area (Å²) < 4.78 is 11.0. The minimum absolute atomic E-state index is 0.0405. The van der Waals surface area contributed by atoms with Gasteiger partial charge >= 0.3 is 0 Å². The molecule has 0 spiro atoms. The number of amides is 1. The minimum Gasteiger partial charge on any atom is -0.482 e. The molecule has 1 aromatic heterocycles. The summed E-state index contributed by atoms with van der Waals surface area (Å²) in [5.41, 5.74) is 3.47. The third-order valence-corrected chi connectivity index (χ3v) is 4.66. The molecule has 2 aromatic carbocycles. The van der Waals surface area contributed by atoms with Crippen LogP contribution in [0, 0.1) is 0 Å². The maximum Gasteiger partial charge on any atom is 0.265 e. The number of nitrogens with zero attached hydrogens (tertiary/aromatic N) is 4. The molecule has 7 heteroatoms. The number of carbonyl (C=O) groups excluding carboxylic acids is 1. The number of anilines is 2. The zero-order valence-corrected chi connectivity index (χ0v) is 16.2. The Labute approximate surface area is 163 Å². The number of carbonyl (C=O) groups is 1. The number of hydrogen-bond donors (Lipinski definition) is 0. The van der Waals surface area contributed by atoms with Gasteiger partial charge in [-0.25, -0.2) is 0 Å². The van der Waals surface area contributed by atoms with Gasteiger partial charge in [-0.15, -0.1) is 0 Å². The molecular formula is C21H22N4O3. The van der Waals surface area contributed by atoms with Crippen LogP contribution in [-0.2, 0) is 4.79 Å². The van der Waals surface area contributed by atoms with E-state index in [2.05, 4.69) is 10.1 Å². The van der Waals surface area contributed by atoms with Crippen LogP contribution >= 0.6 is 0 Å². The summed E-state index contributed by atoms with van der Waals surface area (Å²) in [7, 11) is 3.98. The Morgan fingerprint density at radius 1 is 1.11 bits per heavy atom. The van der Waals surface area contributed by atoms with E-state index in [9.17, 15) is 4.79 Å². The van der Waals surface area contributed by atoms with E-state index in [1.165, 1.54) is 0 Å². The number of rotatable bonds is 5. The molecule has 1 aliphatic heterocycles. The SMILES string of the molecule is CCCN1C(=O)COc2ccc(-c3noc(-c4ccc(N(C)C)cc4)n3)cc21. The quantitative estimate of drug-likeness (QED) is 0.675. The molecule has 7 nitrogen and oxygen atoms in total. The summed E-state index contributed by atoms with van der Waals surface area (Å²) >= 11 is 0. The van der Waals surface area contributed by atoms with Crippen LogP contribution in [0.4, 0.5) is 11.4 Å². The van der Waals surface area contributed by atoms with Crippen LogP contribution in [0.25, 0.3) is 22.8 Å². The topological polar surface area (TPSA) is 71.7 Å². The molecular weight excluding hydrogens is 356 g/mol. The highest BCUT2D eigenvalue weighted by Gasteiger charge is 2.25. The van der Waals surface area contributed by atoms with Gasteiger partial charge in [0.25, 0.3) is 11.8 Å². The van der Waals surface area contributed by atoms with Crippen LogP contribution in [0.3, 0.4) is 0 Å². The second-order valence-electron chi connectivity index (χ2n) is 6.88. The summed E-state index contributed by atoms with van der Waals surface area (Å²) in [6.07, 6.45) is 0.866. The average Bonchev–Trinajstić information content (AvgIpc) is 3.20. The van der Waals surface area contributed by atoms with Crippen LogP contribution in [0.1, 0.15) is 13.3 Å². The fraction of sp³-hybridized carbons (Fsp3) is 0.286. The van der Waals surface area contributed by atoms with Gasteiger partial charge in [0.2, 0.25) is 5.82 Å². The normalized spacial score (nSPS) is 13.2. The lowest BCUT2D eigenvalue weighted by molar-refractivity contribution is -0.121. The van der Waals surface area contributed by atoms with Gasteiger partial charge in [-0.05, 0) is 48.9 Å². The Morgan fingerprint density at radius 2 is 1.86 bits per heavy atom. The largest absolute Gasteiger partial charge is 0.482 e. The summed E-state index contributed by atoms with van der Waals surface area (Å²) in [5, 5.41) is 4.12. The zero-order chi connectivity index (χ0) is 19.7. The smallest absolute Gasteiger partial charge is 0.265 e. The molecule has 144 valence electrons. The van der Waals surface area contributed by atoms with E-state index < -0.39 is 0 Å². The van der Waals surface area contributed by atoms with Crippen LogP contribution < -0.4 is 14.5 Å². The molecule has 0 radical (unpaired) electrons. The molecule has 0 saturated carbocycles. The van der Waals surface area contributed by atoms with E-state index >= 15 is 0 Å². The number of aromatic nitrogens is 2. The van der Waals surface area contributed by atoms with Gasteiger partial charge in [-0.1, -0.05) is 12.1 Å².